The van der Waals surface area contributed by atoms with Crippen LogP contribution in [0.1, 0.15) is 11.3 Å². The molecule has 0 fully saturated rings. The average Bonchev–Trinajstić information content (AvgIpc) is 2.83. The van der Waals surface area contributed by atoms with Crippen molar-refractivity contribution in [3.8, 4) is 0 Å². The number of benzene rings is 1. The van der Waals surface area contributed by atoms with E-state index in [4.69, 9.17) is 17.3 Å². The largest absolute Gasteiger partial charge is 0.326 e. The summed E-state index contributed by atoms with van der Waals surface area (Å²) in [6, 6.07) is 6.43. The fraction of sp³-hybridized carbons (Fsp3) is 0.250. The number of aromatic nitrogens is 2. The first-order chi connectivity index (χ1) is 9.42. The van der Waals surface area contributed by atoms with Crippen LogP contribution >= 0.6 is 11.6 Å². The standard InChI is InChI=1S/C12H15ClN4O2S/c1-17-5-4-10(16-17)8-15-20(18,19)12-6-9(7-14)2-3-11(12)13/h2-6,15H,7-8,14H2,1H3. The highest BCUT2D eigenvalue weighted by atomic mass is 35.5. The lowest BCUT2D eigenvalue weighted by atomic mass is 10.2. The zero-order valence-corrected chi connectivity index (χ0v) is 12.4. The second-order valence-electron chi connectivity index (χ2n) is 4.27. The molecule has 2 aromatic rings. The second kappa shape index (κ2) is 5.92. The molecule has 6 nitrogen and oxygen atoms in total. The van der Waals surface area contributed by atoms with E-state index in [9.17, 15) is 8.42 Å². The molecular formula is C12H15ClN4O2S. The summed E-state index contributed by atoms with van der Waals surface area (Å²) in [4.78, 5) is 0.0260. The number of aryl methyl sites for hydroxylation is 1. The van der Waals surface area contributed by atoms with Gasteiger partial charge in [-0.15, -0.1) is 0 Å². The van der Waals surface area contributed by atoms with Crippen LogP contribution in [0, 0.1) is 0 Å². The third-order valence-electron chi connectivity index (χ3n) is 2.73. The molecule has 0 bridgehead atoms. The van der Waals surface area contributed by atoms with Gasteiger partial charge in [0.15, 0.2) is 0 Å². The van der Waals surface area contributed by atoms with Crippen LogP contribution in [-0.2, 0) is 30.2 Å². The Morgan fingerprint density at radius 2 is 2.15 bits per heavy atom. The van der Waals surface area contributed by atoms with Crippen LogP contribution in [0.25, 0.3) is 0 Å². The molecule has 0 aliphatic heterocycles. The van der Waals surface area contributed by atoms with E-state index < -0.39 is 10.0 Å². The molecule has 1 heterocycles. The number of hydrogen-bond acceptors (Lipinski definition) is 4. The molecule has 0 saturated carbocycles. The van der Waals surface area contributed by atoms with Crippen LogP contribution in [0.2, 0.25) is 5.02 Å². The molecule has 108 valence electrons. The van der Waals surface area contributed by atoms with E-state index in [1.165, 1.54) is 12.1 Å². The average molecular weight is 315 g/mol. The summed E-state index contributed by atoms with van der Waals surface area (Å²) < 4.78 is 28.5. The van der Waals surface area contributed by atoms with Gasteiger partial charge in [-0.1, -0.05) is 17.7 Å². The molecule has 0 radical (unpaired) electrons. The zero-order valence-electron chi connectivity index (χ0n) is 10.9. The van der Waals surface area contributed by atoms with Gasteiger partial charge in [0.25, 0.3) is 0 Å². The van der Waals surface area contributed by atoms with E-state index in [1.54, 1.807) is 30.1 Å². The summed E-state index contributed by atoms with van der Waals surface area (Å²) in [5.41, 5.74) is 6.84. The van der Waals surface area contributed by atoms with Crippen LogP contribution in [0.4, 0.5) is 0 Å². The summed E-state index contributed by atoms with van der Waals surface area (Å²) in [5, 5.41) is 4.26. The highest BCUT2D eigenvalue weighted by molar-refractivity contribution is 7.89. The van der Waals surface area contributed by atoms with Gasteiger partial charge in [-0.3, -0.25) is 4.68 Å². The monoisotopic (exact) mass is 314 g/mol. The first-order valence-corrected chi connectivity index (χ1v) is 7.75. The molecule has 8 heteroatoms. The maximum atomic E-state index is 12.2. The van der Waals surface area contributed by atoms with Crippen molar-refractivity contribution in [2.45, 2.75) is 18.0 Å². The van der Waals surface area contributed by atoms with Gasteiger partial charge in [-0.05, 0) is 23.8 Å². The van der Waals surface area contributed by atoms with Gasteiger partial charge in [-0.25, -0.2) is 13.1 Å². The number of hydrogen-bond donors (Lipinski definition) is 2. The van der Waals surface area contributed by atoms with Crippen molar-refractivity contribution in [1.29, 1.82) is 0 Å². The summed E-state index contributed by atoms with van der Waals surface area (Å²) in [6.45, 7) is 0.353. The molecule has 2 rings (SSSR count). The lowest BCUT2D eigenvalue weighted by Crippen LogP contribution is -2.24. The quantitative estimate of drug-likeness (QED) is 0.862. The summed E-state index contributed by atoms with van der Waals surface area (Å²) in [7, 11) is -1.94. The molecule has 1 aromatic carbocycles. The van der Waals surface area contributed by atoms with Crippen molar-refractivity contribution in [1.82, 2.24) is 14.5 Å². The van der Waals surface area contributed by atoms with Crippen LogP contribution in [0.15, 0.2) is 35.4 Å². The Balaban J connectivity index is 2.21. The second-order valence-corrected chi connectivity index (χ2v) is 6.42. The van der Waals surface area contributed by atoms with Crippen molar-refractivity contribution in [3.05, 3.63) is 46.7 Å². The van der Waals surface area contributed by atoms with E-state index in [-0.39, 0.29) is 23.0 Å². The number of nitrogens with zero attached hydrogens (tertiary/aromatic N) is 2. The number of rotatable bonds is 5. The predicted molar refractivity (Wildman–Crippen MR) is 76.6 cm³/mol. The van der Waals surface area contributed by atoms with Gasteiger partial charge in [-0.2, -0.15) is 5.10 Å². The number of sulfonamides is 1. The normalized spacial score (nSPS) is 11.8. The van der Waals surface area contributed by atoms with Crippen molar-refractivity contribution >= 4 is 21.6 Å². The lowest BCUT2D eigenvalue weighted by molar-refractivity contribution is 0.579. The Kier molecular flexibility index (Phi) is 4.44. The summed E-state index contributed by atoms with van der Waals surface area (Å²) in [6.07, 6.45) is 1.74. The molecule has 1 aromatic heterocycles. The maximum Gasteiger partial charge on any atom is 0.242 e. The van der Waals surface area contributed by atoms with Gasteiger partial charge in [0, 0.05) is 19.8 Å². The predicted octanol–water partition coefficient (Wildman–Crippen LogP) is 1.01. The fourth-order valence-electron chi connectivity index (χ4n) is 1.68. The van der Waals surface area contributed by atoms with Crippen LogP contribution in [-0.4, -0.2) is 18.2 Å². The molecular weight excluding hydrogens is 300 g/mol. The van der Waals surface area contributed by atoms with Crippen molar-refractivity contribution in [2.75, 3.05) is 0 Å². The highest BCUT2D eigenvalue weighted by Crippen LogP contribution is 2.22. The molecule has 0 saturated heterocycles. The minimum Gasteiger partial charge on any atom is -0.326 e. The maximum absolute atomic E-state index is 12.2. The Bertz CT molecular complexity index is 712. The number of halogens is 1. The number of nitrogens with one attached hydrogen (secondary N) is 1. The summed E-state index contributed by atoms with van der Waals surface area (Å²) in [5.74, 6) is 0. The molecule has 0 spiro atoms. The van der Waals surface area contributed by atoms with Crippen LogP contribution in [0.5, 0.6) is 0 Å². The third kappa shape index (κ3) is 3.37. The van der Waals surface area contributed by atoms with Crippen molar-refractivity contribution in [3.63, 3.8) is 0 Å². The van der Waals surface area contributed by atoms with Crippen molar-refractivity contribution in [2.24, 2.45) is 12.8 Å². The van der Waals surface area contributed by atoms with Crippen molar-refractivity contribution < 1.29 is 8.42 Å². The Hall–Kier alpha value is -1.41. The minimum atomic E-state index is -3.70. The van der Waals surface area contributed by atoms with Gasteiger partial charge >= 0.3 is 0 Å². The van der Waals surface area contributed by atoms with Gasteiger partial charge < -0.3 is 5.73 Å². The number of nitrogens with two attached hydrogens (primary N) is 1. The first kappa shape index (κ1) is 15.0. The Morgan fingerprint density at radius 1 is 1.40 bits per heavy atom. The molecule has 0 aliphatic carbocycles. The van der Waals surface area contributed by atoms with Gasteiger partial charge in [0.2, 0.25) is 10.0 Å². The smallest absolute Gasteiger partial charge is 0.242 e. The van der Waals surface area contributed by atoms with Gasteiger partial charge in [0.05, 0.1) is 17.3 Å². The topological polar surface area (TPSA) is 90.0 Å². The molecule has 0 amide bonds. The van der Waals surface area contributed by atoms with E-state index in [0.717, 1.165) is 0 Å². The third-order valence-corrected chi connectivity index (χ3v) is 4.62. The van der Waals surface area contributed by atoms with Gasteiger partial charge in [0.1, 0.15) is 4.90 Å². The molecule has 0 unspecified atom stereocenters. The van der Waals surface area contributed by atoms with E-state index in [2.05, 4.69) is 9.82 Å². The van der Waals surface area contributed by atoms with E-state index >= 15 is 0 Å². The van der Waals surface area contributed by atoms with Crippen LogP contribution < -0.4 is 10.5 Å². The SMILES string of the molecule is Cn1ccc(CNS(=O)(=O)c2cc(CN)ccc2Cl)n1. The first-order valence-electron chi connectivity index (χ1n) is 5.89. The fourth-order valence-corrected chi connectivity index (χ4v) is 3.23. The lowest BCUT2D eigenvalue weighted by Gasteiger charge is -2.09. The van der Waals surface area contributed by atoms with E-state index in [0.29, 0.717) is 11.3 Å². The molecule has 3 N–H and O–H groups in total. The molecule has 0 aliphatic rings. The van der Waals surface area contributed by atoms with E-state index in [1.807, 2.05) is 0 Å². The summed E-state index contributed by atoms with van der Waals surface area (Å²) >= 11 is 5.94. The Morgan fingerprint density at radius 3 is 2.75 bits per heavy atom. The highest BCUT2D eigenvalue weighted by Gasteiger charge is 2.18. The Labute approximate surface area is 122 Å². The van der Waals surface area contributed by atoms with Crippen LogP contribution in [0.3, 0.4) is 0 Å². The molecule has 20 heavy (non-hydrogen) atoms. The minimum absolute atomic E-state index is 0.0260. The zero-order chi connectivity index (χ0) is 14.8. The molecule has 0 atom stereocenters.